The summed E-state index contributed by atoms with van der Waals surface area (Å²) in [5.41, 5.74) is 0. The summed E-state index contributed by atoms with van der Waals surface area (Å²) in [7, 11) is 0. The topological polar surface area (TPSA) is 99.4 Å². The highest BCUT2D eigenvalue weighted by Gasteiger charge is 2.43. The van der Waals surface area contributed by atoms with E-state index in [1.807, 2.05) is 12.2 Å². The summed E-state index contributed by atoms with van der Waals surface area (Å²) in [5, 5.41) is 37.9. The molecule has 118 valence electrons. The Balaban J connectivity index is 2.31. The molecule has 1 heterocycles. The third-order valence-corrected chi connectivity index (χ3v) is 3.35. The third-order valence-electron chi connectivity index (χ3n) is 3.35. The first-order valence-corrected chi connectivity index (χ1v) is 7.19. The van der Waals surface area contributed by atoms with Crippen LogP contribution in [0.1, 0.15) is 32.6 Å². The van der Waals surface area contributed by atoms with Crippen LogP contribution in [0.15, 0.2) is 12.2 Å². The van der Waals surface area contributed by atoms with Crippen molar-refractivity contribution >= 4 is 0 Å². The number of aliphatic hydroxyl groups is 4. The largest absolute Gasteiger partial charge is 0.394 e. The summed E-state index contributed by atoms with van der Waals surface area (Å²) in [6.07, 6.45) is 2.26. The minimum atomic E-state index is -1.39. The summed E-state index contributed by atoms with van der Waals surface area (Å²) < 4.78 is 10.5. The molecule has 0 spiro atoms. The third kappa shape index (κ3) is 5.12. The van der Waals surface area contributed by atoms with Crippen LogP contribution in [0.5, 0.6) is 0 Å². The Morgan fingerprint density at radius 2 is 1.80 bits per heavy atom. The lowest BCUT2D eigenvalue weighted by Gasteiger charge is -2.39. The van der Waals surface area contributed by atoms with Crippen LogP contribution in [-0.4, -0.2) is 64.3 Å². The monoisotopic (exact) mass is 290 g/mol. The average Bonchev–Trinajstić information content (AvgIpc) is 2.46. The maximum atomic E-state index is 9.73. The van der Waals surface area contributed by atoms with Gasteiger partial charge >= 0.3 is 0 Å². The standard InChI is InChI=1S/C14H26O6/c1-2-3-4-5-6-7-8-19-14-13(18)12(17)11(16)10(9-15)20-14/h6-7,10-18H,2-5,8-9H2,1H3/b7-6+/t10-,11-,12+,13-,14+/m1/s1. The van der Waals surface area contributed by atoms with Crippen LogP contribution < -0.4 is 0 Å². The van der Waals surface area contributed by atoms with Crippen LogP contribution in [0, 0.1) is 0 Å². The SMILES string of the molecule is CCCCC/C=C/CO[C@H]1O[C@H](CO)[C@@H](O)[C@H](O)[C@H]1O. The van der Waals surface area contributed by atoms with Crippen molar-refractivity contribution in [2.75, 3.05) is 13.2 Å². The second-order valence-electron chi connectivity index (χ2n) is 5.00. The molecule has 0 radical (unpaired) electrons. The molecule has 0 saturated carbocycles. The fraction of sp³-hybridized carbons (Fsp3) is 0.857. The number of allylic oxidation sites excluding steroid dienone is 1. The Kier molecular flexibility index (Phi) is 8.28. The summed E-state index contributed by atoms with van der Waals surface area (Å²) in [6.45, 7) is 1.94. The minimum absolute atomic E-state index is 0.245. The molecule has 20 heavy (non-hydrogen) atoms. The fourth-order valence-electron chi connectivity index (χ4n) is 2.05. The molecule has 0 aliphatic carbocycles. The van der Waals surface area contributed by atoms with Crippen LogP contribution in [0.4, 0.5) is 0 Å². The Hall–Kier alpha value is -0.500. The van der Waals surface area contributed by atoms with Crippen LogP contribution >= 0.6 is 0 Å². The van der Waals surface area contributed by atoms with Crippen LogP contribution in [0.3, 0.4) is 0 Å². The van der Waals surface area contributed by atoms with E-state index in [0.717, 1.165) is 12.8 Å². The van der Waals surface area contributed by atoms with Crippen molar-refractivity contribution in [3.05, 3.63) is 12.2 Å². The number of hydrogen-bond donors (Lipinski definition) is 4. The molecule has 0 aromatic rings. The number of rotatable bonds is 8. The van der Waals surface area contributed by atoms with Crippen molar-refractivity contribution < 1.29 is 29.9 Å². The van der Waals surface area contributed by atoms with Gasteiger partial charge < -0.3 is 29.9 Å². The van der Waals surface area contributed by atoms with Crippen molar-refractivity contribution in [3.63, 3.8) is 0 Å². The quantitative estimate of drug-likeness (QED) is 0.369. The van der Waals surface area contributed by atoms with Crippen LogP contribution in [0.2, 0.25) is 0 Å². The first-order chi connectivity index (χ1) is 9.61. The molecule has 5 atom stereocenters. The van der Waals surface area contributed by atoms with Gasteiger partial charge in [-0.05, 0) is 12.8 Å². The van der Waals surface area contributed by atoms with E-state index in [4.69, 9.17) is 14.6 Å². The van der Waals surface area contributed by atoms with Gasteiger partial charge in [0.25, 0.3) is 0 Å². The molecular formula is C14H26O6. The molecule has 6 nitrogen and oxygen atoms in total. The van der Waals surface area contributed by atoms with E-state index in [1.54, 1.807) is 0 Å². The van der Waals surface area contributed by atoms with Crippen LogP contribution in [0.25, 0.3) is 0 Å². The van der Waals surface area contributed by atoms with E-state index in [1.165, 1.54) is 12.8 Å². The summed E-state index contributed by atoms with van der Waals surface area (Å²) in [6, 6.07) is 0. The molecule has 6 heteroatoms. The number of hydrogen-bond acceptors (Lipinski definition) is 6. The Bertz CT molecular complexity index is 281. The average molecular weight is 290 g/mol. The van der Waals surface area contributed by atoms with E-state index in [-0.39, 0.29) is 6.61 Å². The van der Waals surface area contributed by atoms with E-state index < -0.39 is 37.3 Å². The molecule has 0 bridgehead atoms. The molecule has 4 N–H and O–H groups in total. The maximum Gasteiger partial charge on any atom is 0.187 e. The zero-order chi connectivity index (χ0) is 15.0. The highest BCUT2D eigenvalue weighted by molar-refractivity contribution is 4.89. The van der Waals surface area contributed by atoms with Gasteiger partial charge in [0, 0.05) is 0 Å². The van der Waals surface area contributed by atoms with E-state index in [2.05, 4.69) is 6.92 Å². The molecular weight excluding hydrogens is 264 g/mol. The second-order valence-corrected chi connectivity index (χ2v) is 5.00. The normalized spacial score (nSPS) is 34.8. The highest BCUT2D eigenvalue weighted by Crippen LogP contribution is 2.21. The number of aliphatic hydroxyl groups excluding tert-OH is 4. The molecule has 1 aliphatic heterocycles. The zero-order valence-corrected chi connectivity index (χ0v) is 11.9. The molecule has 0 aromatic carbocycles. The Labute approximate surface area is 119 Å². The lowest BCUT2D eigenvalue weighted by molar-refractivity contribution is -0.298. The first kappa shape index (κ1) is 17.6. The second kappa shape index (κ2) is 9.44. The van der Waals surface area contributed by atoms with Gasteiger partial charge in [0.1, 0.15) is 24.4 Å². The molecule has 1 saturated heterocycles. The van der Waals surface area contributed by atoms with Crippen LogP contribution in [-0.2, 0) is 9.47 Å². The highest BCUT2D eigenvalue weighted by atomic mass is 16.7. The zero-order valence-electron chi connectivity index (χ0n) is 11.9. The van der Waals surface area contributed by atoms with Crippen molar-refractivity contribution in [2.24, 2.45) is 0 Å². The van der Waals surface area contributed by atoms with Gasteiger partial charge in [-0.25, -0.2) is 0 Å². The lowest BCUT2D eigenvalue weighted by atomic mass is 9.99. The van der Waals surface area contributed by atoms with E-state index >= 15 is 0 Å². The van der Waals surface area contributed by atoms with Gasteiger partial charge in [-0.3, -0.25) is 0 Å². The predicted octanol–water partition coefficient (Wildman–Crippen LogP) is -0.0606. The molecule has 0 unspecified atom stereocenters. The number of unbranched alkanes of at least 4 members (excludes halogenated alkanes) is 3. The number of ether oxygens (including phenoxy) is 2. The Morgan fingerprint density at radius 3 is 2.45 bits per heavy atom. The maximum absolute atomic E-state index is 9.73. The van der Waals surface area contributed by atoms with Gasteiger partial charge in [-0.2, -0.15) is 0 Å². The smallest absolute Gasteiger partial charge is 0.187 e. The van der Waals surface area contributed by atoms with Gasteiger partial charge in [0.15, 0.2) is 6.29 Å². The molecule has 0 aromatic heterocycles. The van der Waals surface area contributed by atoms with E-state index in [9.17, 15) is 15.3 Å². The Morgan fingerprint density at radius 1 is 1.05 bits per heavy atom. The van der Waals surface area contributed by atoms with Gasteiger partial charge in [-0.1, -0.05) is 31.9 Å². The van der Waals surface area contributed by atoms with Crippen molar-refractivity contribution in [3.8, 4) is 0 Å². The summed E-state index contributed by atoms with van der Waals surface area (Å²) in [5.74, 6) is 0. The minimum Gasteiger partial charge on any atom is -0.394 e. The predicted molar refractivity (Wildman–Crippen MR) is 73.0 cm³/mol. The van der Waals surface area contributed by atoms with Gasteiger partial charge in [0.05, 0.1) is 13.2 Å². The molecule has 1 fully saturated rings. The first-order valence-electron chi connectivity index (χ1n) is 7.19. The van der Waals surface area contributed by atoms with E-state index in [0.29, 0.717) is 0 Å². The van der Waals surface area contributed by atoms with Crippen molar-refractivity contribution in [2.45, 2.75) is 63.3 Å². The summed E-state index contributed by atoms with van der Waals surface area (Å²) >= 11 is 0. The van der Waals surface area contributed by atoms with Crippen molar-refractivity contribution in [1.29, 1.82) is 0 Å². The van der Waals surface area contributed by atoms with Crippen molar-refractivity contribution in [1.82, 2.24) is 0 Å². The van der Waals surface area contributed by atoms with Gasteiger partial charge in [0.2, 0.25) is 0 Å². The molecule has 0 amide bonds. The fourth-order valence-corrected chi connectivity index (χ4v) is 2.05. The molecule has 1 aliphatic rings. The van der Waals surface area contributed by atoms with Gasteiger partial charge in [-0.15, -0.1) is 0 Å². The summed E-state index contributed by atoms with van der Waals surface area (Å²) in [4.78, 5) is 0. The molecule has 1 rings (SSSR count). The lowest BCUT2D eigenvalue weighted by Crippen LogP contribution is -2.59.